The Balaban J connectivity index is 2.39. The number of nitrogens with one attached hydrogen (secondary N) is 1. The molecule has 1 aromatic rings. The van der Waals surface area contributed by atoms with Crippen LogP contribution in [0.25, 0.3) is 0 Å². The highest BCUT2D eigenvalue weighted by Gasteiger charge is 2.29. The van der Waals surface area contributed by atoms with Gasteiger partial charge in [-0.1, -0.05) is 19.8 Å². The van der Waals surface area contributed by atoms with Gasteiger partial charge in [-0.2, -0.15) is 5.26 Å². The van der Waals surface area contributed by atoms with Crippen LogP contribution in [-0.4, -0.2) is 15.7 Å². The Kier molecular flexibility index (Phi) is 3.71. The van der Waals surface area contributed by atoms with E-state index in [0.717, 1.165) is 17.4 Å². The van der Waals surface area contributed by atoms with E-state index in [2.05, 4.69) is 12.2 Å². The normalized spacial score (nSPS) is 16.9. The molecule has 0 radical (unpaired) electrons. The summed E-state index contributed by atoms with van der Waals surface area (Å²) >= 11 is 0. The second-order valence-electron chi connectivity index (χ2n) is 5.91. The number of nitrogens with zero attached hydrogens (tertiary/aromatic N) is 3. The van der Waals surface area contributed by atoms with Gasteiger partial charge in [0.25, 0.3) is 5.56 Å². The summed E-state index contributed by atoms with van der Waals surface area (Å²) in [6.45, 7) is 2.86. The number of aromatic nitrogens is 2. The van der Waals surface area contributed by atoms with Crippen LogP contribution < -0.4 is 16.6 Å². The molecule has 0 spiro atoms. The number of rotatable bonds is 3. The van der Waals surface area contributed by atoms with Crippen LogP contribution >= 0.6 is 0 Å². The van der Waals surface area contributed by atoms with Gasteiger partial charge in [0.1, 0.15) is 11.9 Å². The summed E-state index contributed by atoms with van der Waals surface area (Å²) < 4.78 is 2.29. The third-order valence-corrected chi connectivity index (χ3v) is 4.27. The highest BCUT2D eigenvalue weighted by Crippen LogP contribution is 2.37. The van der Waals surface area contributed by atoms with E-state index in [4.69, 9.17) is 0 Å². The Labute approximate surface area is 117 Å². The fraction of sp³-hybridized carbons (Fsp3) is 0.643. The number of anilines is 1. The minimum absolute atomic E-state index is 0.00352. The third kappa shape index (κ3) is 2.36. The molecule has 1 fully saturated rings. The Hall–Kier alpha value is -2.03. The summed E-state index contributed by atoms with van der Waals surface area (Å²) in [5.74, 6) is 0.328. The molecule has 6 heteroatoms. The third-order valence-electron chi connectivity index (χ3n) is 4.27. The van der Waals surface area contributed by atoms with E-state index in [0.29, 0.717) is 12.4 Å². The van der Waals surface area contributed by atoms with Crippen LogP contribution in [0.2, 0.25) is 0 Å². The Morgan fingerprint density at radius 2 is 1.85 bits per heavy atom. The summed E-state index contributed by atoms with van der Waals surface area (Å²) in [5.41, 5.74) is -0.803. The lowest BCUT2D eigenvalue weighted by atomic mass is 9.89. The van der Waals surface area contributed by atoms with E-state index >= 15 is 0 Å². The Morgan fingerprint density at radius 3 is 2.40 bits per heavy atom. The van der Waals surface area contributed by atoms with Crippen LogP contribution in [0.5, 0.6) is 0 Å². The van der Waals surface area contributed by atoms with Crippen molar-refractivity contribution in [3.8, 4) is 6.07 Å². The van der Waals surface area contributed by atoms with Gasteiger partial charge in [-0.25, -0.2) is 4.79 Å². The van der Waals surface area contributed by atoms with E-state index in [1.807, 2.05) is 6.07 Å². The summed E-state index contributed by atoms with van der Waals surface area (Å²) in [4.78, 5) is 23.9. The first-order valence-corrected chi connectivity index (χ1v) is 6.83. The molecule has 1 aromatic heterocycles. The van der Waals surface area contributed by atoms with E-state index in [-0.39, 0.29) is 11.0 Å². The average molecular weight is 276 g/mol. The predicted molar refractivity (Wildman–Crippen MR) is 76.7 cm³/mol. The zero-order valence-electron chi connectivity index (χ0n) is 12.2. The van der Waals surface area contributed by atoms with E-state index in [9.17, 15) is 14.9 Å². The zero-order valence-corrected chi connectivity index (χ0v) is 12.2. The largest absolute Gasteiger partial charge is 0.370 e. The van der Waals surface area contributed by atoms with Crippen molar-refractivity contribution in [2.24, 2.45) is 19.5 Å². The lowest BCUT2D eigenvalue weighted by Crippen LogP contribution is -2.40. The van der Waals surface area contributed by atoms with Gasteiger partial charge in [0.05, 0.1) is 0 Å². The predicted octanol–water partition coefficient (Wildman–Crippen LogP) is 0.948. The maximum atomic E-state index is 12.0. The topological polar surface area (TPSA) is 79.8 Å². The molecular formula is C14H20N4O2. The fourth-order valence-electron chi connectivity index (χ4n) is 2.85. The van der Waals surface area contributed by atoms with Gasteiger partial charge in [0.15, 0.2) is 5.56 Å². The molecule has 1 N–H and O–H groups in total. The molecule has 1 saturated carbocycles. The number of hydrogen-bond donors (Lipinski definition) is 1. The van der Waals surface area contributed by atoms with Crippen molar-refractivity contribution in [3.63, 3.8) is 0 Å². The molecule has 1 aliphatic carbocycles. The van der Waals surface area contributed by atoms with Crippen molar-refractivity contribution in [2.45, 2.75) is 32.6 Å². The first-order chi connectivity index (χ1) is 9.39. The molecule has 2 rings (SSSR count). The maximum Gasteiger partial charge on any atom is 0.332 e. The molecule has 20 heavy (non-hydrogen) atoms. The van der Waals surface area contributed by atoms with Gasteiger partial charge in [0.2, 0.25) is 0 Å². The highest BCUT2D eigenvalue weighted by atomic mass is 16.2. The monoisotopic (exact) mass is 276 g/mol. The molecule has 0 unspecified atom stereocenters. The summed E-state index contributed by atoms with van der Waals surface area (Å²) in [6.07, 6.45) is 4.67. The molecular weight excluding hydrogens is 256 g/mol. The Morgan fingerprint density at radius 1 is 1.25 bits per heavy atom. The molecule has 0 amide bonds. The lowest BCUT2D eigenvalue weighted by molar-refractivity contribution is 0.361. The summed E-state index contributed by atoms with van der Waals surface area (Å²) in [5, 5.41) is 12.3. The van der Waals surface area contributed by atoms with E-state index in [1.165, 1.54) is 24.5 Å². The second-order valence-corrected chi connectivity index (χ2v) is 5.91. The lowest BCUT2D eigenvalue weighted by Gasteiger charge is -2.25. The minimum atomic E-state index is -0.547. The first kappa shape index (κ1) is 14.4. The molecule has 0 aliphatic heterocycles. The van der Waals surface area contributed by atoms with Crippen LogP contribution in [0.1, 0.15) is 38.2 Å². The molecule has 6 nitrogen and oxygen atoms in total. The van der Waals surface area contributed by atoms with Crippen LogP contribution in [0.3, 0.4) is 0 Å². The molecule has 1 aliphatic rings. The van der Waals surface area contributed by atoms with Crippen LogP contribution in [-0.2, 0) is 14.1 Å². The smallest absolute Gasteiger partial charge is 0.332 e. The van der Waals surface area contributed by atoms with E-state index in [1.54, 1.807) is 7.05 Å². The minimum Gasteiger partial charge on any atom is -0.370 e. The van der Waals surface area contributed by atoms with Gasteiger partial charge in [-0.3, -0.25) is 13.9 Å². The van der Waals surface area contributed by atoms with Crippen LogP contribution in [0, 0.1) is 16.7 Å². The number of nitriles is 1. The molecule has 0 saturated heterocycles. The number of hydrogen-bond acceptors (Lipinski definition) is 4. The van der Waals surface area contributed by atoms with E-state index < -0.39 is 11.2 Å². The SMILES string of the molecule is Cn1c(NCC2(C)CCCC2)c(C#N)c(=O)n(C)c1=O. The fourth-order valence-corrected chi connectivity index (χ4v) is 2.85. The van der Waals surface area contributed by atoms with Gasteiger partial charge in [0, 0.05) is 20.6 Å². The quantitative estimate of drug-likeness (QED) is 0.891. The van der Waals surface area contributed by atoms with Crippen molar-refractivity contribution in [2.75, 3.05) is 11.9 Å². The maximum absolute atomic E-state index is 12.0. The first-order valence-electron chi connectivity index (χ1n) is 6.83. The molecule has 108 valence electrons. The van der Waals surface area contributed by atoms with Crippen LogP contribution in [0.15, 0.2) is 9.59 Å². The van der Waals surface area contributed by atoms with Crippen molar-refractivity contribution >= 4 is 5.82 Å². The molecule has 0 bridgehead atoms. The van der Waals surface area contributed by atoms with Gasteiger partial charge < -0.3 is 5.32 Å². The Bertz CT molecular complexity index is 672. The van der Waals surface area contributed by atoms with Crippen molar-refractivity contribution < 1.29 is 0 Å². The summed E-state index contributed by atoms with van der Waals surface area (Å²) in [7, 11) is 2.95. The van der Waals surface area contributed by atoms with Gasteiger partial charge in [-0.05, 0) is 18.3 Å². The standard InChI is InChI=1S/C14H20N4O2/c1-14(6-4-5-7-14)9-16-11-10(8-15)12(19)18(3)13(20)17(11)2/h16H,4-7,9H2,1-3H3. The van der Waals surface area contributed by atoms with Crippen molar-refractivity contribution in [1.82, 2.24) is 9.13 Å². The highest BCUT2D eigenvalue weighted by molar-refractivity contribution is 5.51. The molecule has 0 aromatic carbocycles. The molecule has 1 heterocycles. The van der Waals surface area contributed by atoms with Gasteiger partial charge >= 0.3 is 5.69 Å². The average Bonchev–Trinajstić information content (AvgIpc) is 2.86. The van der Waals surface area contributed by atoms with Gasteiger partial charge in [-0.15, -0.1) is 0 Å². The molecule has 0 atom stereocenters. The second kappa shape index (κ2) is 5.16. The zero-order chi connectivity index (χ0) is 14.9. The summed E-state index contributed by atoms with van der Waals surface area (Å²) in [6, 6.07) is 1.91. The van der Waals surface area contributed by atoms with Crippen molar-refractivity contribution in [3.05, 3.63) is 26.4 Å². The van der Waals surface area contributed by atoms with Crippen LogP contribution in [0.4, 0.5) is 5.82 Å². The van der Waals surface area contributed by atoms with Crippen molar-refractivity contribution in [1.29, 1.82) is 5.26 Å².